The van der Waals surface area contributed by atoms with Crippen LogP contribution in [0.4, 0.5) is 14.6 Å². The molecule has 2 aliphatic rings. The Morgan fingerprint density at radius 2 is 2.06 bits per heavy atom. The molecule has 0 radical (unpaired) electrons. The SMILES string of the molecule is CC1(O)CCI(NC(=O)c2cnn3ccc(N4CCC[C@@H]4c4cc(F)ccc4F)nc23)CC1. The Balaban J connectivity index is 1.40. The molecule has 7 nitrogen and oxygen atoms in total. The summed E-state index contributed by atoms with van der Waals surface area (Å²) < 4.78 is 34.8. The number of fused-ring (bicyclic) bond motifs is 1. The summed E-state index contributed by atoms with van der Waals surface area (Å²) in [5.41, 5.74) is 0.530. The molecule has 0 spiro atoms. The summed E-state index contributed by atoms with van der Waals surface area (Å²) >= 11 is -1.69. The Bertz CT molecular complexity index is 1190. The molecule has 0 unspecified atom stereocenters. The number of hydrogen-bond donors (Lipinski definition) is 2. The molecule has 1 atom stereocenters. The molecule has 2 saturated heterocycles. The maximum atomic E-state index is 14.5. The predicted octanol–water partition coefficient (Wildman–Crippen LogP) is 4.05. The fourth-order valence-electron chi connectivity index (χ4n) is 4.44. The van der Waals surface area contributed by atoms with Crippen LogP contribution in [0.5, 0.6) is 0 Å². The van der Waals surface area contributed by atoms with E-state index in [0.717, 1.165) is 27.4 Å². The Morgan fingerprint density at radius 3 is 2.85 bits per heavy atom. The number of benzene rings is 1. The van der Waals surface area contributed by atoms with Gasteiger partial charge < -0.3 is 0 Å². The van der Waals surface area contributed by atoms with Crippen LogP contribution in [0.2, 0.25) is 0 Å². The average Bonchev–Trinajstić information content (AvgIpc) is 3.43. The van der Waals surface area contributed by atoms with Crippen molar-refractivity contribution in [3.8, 4) is 0 Å². The molecule has 5 rings (SSSR count). The van der Waals surface area contributed by atoms with E-state index in [0.29, 0.717) is 48.4 Å². The topological polar surface area (TPSA) is 82.8 Å². The first kappa shape index (κ1) is 22.5. The van der Waals surface area contributed by atoms with E-state index in [4.69, 9.17) is 4.98 Å². The number of rotatable bonds is 4. The molecule has 1 amide bonds. The van der Waals surface area contributed by atoms with Crippen LogP contribution in [0, 0.1) is 11.6 Å². The van der Waals surface area contributed by atoms with Gasteiger partial charge >= 0.3 is 198 Å². The van der Waals surface area contributed by atoms with Gasteiger partial charge in [0.15, 0.2) is 0 Å². The van der Waals surface area contributed by atoms with Gasteiger partial charge in [0.1, 0.15) is 0 Å². The van der Waals surface area contributed by atoms with E-state index < -0.39 is 37.3 Å². The van der Waals surface area contributed by atoms with Crippen molar-refractivity contribution < 1.29 is 18.7 Å². The zero-order valence-corrected chi connectivity index (χ0v) is 20.4. The van der Waals surface area contributed by atoms with E-state index in [9.17, 15) is 18.7 Å². The van der Waals surface area contributed by atoms with Gasteiger partial charge in [-0.25, -0.2) is 0 Å². The van der Waals surface area contributed by atoms with Crippen molar-refractivity contribution in [2.75, 3.05) is 20.3 Å². The molecule has 3 aromatic rings. The van der Waals surface area contributed by atoms with Crippen LogP contribution >= 0.6 is 20.1 Å². The summed E-state index contributed by atoms with van der Waals surface area (Å²) in [7, 11) is 0. The van der Waals surface area contributed by atoms with Crippen LogP contribution < -0.4 is 8.43 Å². The number of hydrogen-bond acceptors (Lipinski definition) is 5. The standard InChI is InChI=1S/C23H26F2IN5O2/c1-23(33)7-9-26(10-8-23)29-22(32)17-14-27-31-12-6-20(28-21(17)31)30-11-2-3-19(30)16-13-15(24)4-5-18(16)25/h4-6,12-14,19,33H,2-3,7-11H2,1H3,(H,29,32)/t19-/m1/s1. The molecule has 176 valence electrons. The first-order valence-corrected chi connectivity index (χ1v) is 15.1. The third kappa shape index (κ3) is 4.54. The fourth-order valence-corrected chi connectivity index (χ4v) is 10.1. The van der Waals surface area contributed by atoms with Crippen LogP contribution in [-0.2, 0) is 0 Å². The molecule has 0 saturated carbocycles. The summed E-state index contributed by atoms with van der Waals surface area (Å²) in [6.45, 7) is 2.51. The Labute approximate surface area is 197 Å². The molecule has 1 aromatic carbocycles. The summed E-state index contributed by atoms with van der Waals surface area (Å²) in [5.74, 6) is -0.479. The second-order valence-electron chi connectivity index (χ2n) is 8.88. The Hall–Kier alpha value is -2.34. The molecular formula is C23H26F2IN5O2. The predicted molar refractivity (Wildman–Crippen MR) is 130 cm³/mol. The van der Waals surface area contributed by atoms with E-state index in [-0.39, 0.29) is 11.9 Å². The summed E-state index contributed by atoms with van der Waals surface area (Å²) in [6, 6.07) is 5.00. The van der Waals surface area contributed by atoms with Gasteiger partial charge in [0.05, 0.1) is 0 Å². The van der Waals surface area contributed by atoms with Crippen LogP contribution in [0.25, 0.3) is 5.65 Å². The van der Waals surface area contributed by atoms with Gasteiger partial charge in [-0.15, -0.1) is 0 Å². The molecule has 10 heteroatoms. The number of alkyl halides is 2. The zero-order valence-electron chi connectivity index (χ0n) is 18.3. The molecule has 2 aromatic heterocycles. The average molecular weight is 569 g/mol. The number of anilines is 1. The Morgan fingerprint density at radius 1 is 1.27 bits per heavy atom. The third-order valence-electron chi connectivity index (χ3n) is 6.40. The van der Waals surface area contributed by atoms with Crippen LogP contribution in [0.3, 0.4) is 0 Å². The number of carbonyl (C=O) groups excluding carboxylic acids is 1. The van der Waals surface area contributed by atoms with Crippen molar-refractivity contribution in [3.05, 3.63) is 59.4 Å². The monoisotopic (exact) mass is 569 g/mol. The molecular weight excluding hydrogens is 543 g/mol. The van der Waals surface area contributed by atoms with E-state index in [1.165, 1.54) is 12.3 Å². The minimum atomic E-state index is -1.69. The molecule has 0 bridgehead atoms. The maximum absolute atomic E-state index is 14.5. The molecule has 4 heterocycles. The van der Waals surface area contributed by atoms with Gasteiger partial charge in [-0.2, -0.15) is 0 Å². The van der Waals surface area contributed by atoms with E-state index in [2.05, 4.69) is 8.63 Å². The van der Waals surface area contributed by atoms with Gasteiger partial charge in [-0.3, -0.25) is 0 Å². The van der Waals surface area contributed by atoms with E-state index in [1.807, 2.05) is 11.8 Å². The molecule has 0 aliphatic carbocycles. The number of amides is 1. The van der Waals surface area contributed by atoms with E-state index >= 15 is 0 Å². The molecule has 2 aliphatic heterocycles. The number of nitrogens with one attached hydrogen (secondary N) is 1. The second kappa shape index (κ2) is 8.79. The van der Waals surface area contributed by atoms with Gasteiger partial charge in [0.25, 0.3) is 0 Å². The van der Waals surface area contributed by atoms with Crippen molar-refractivity contribution in [3.63, 3.8) is 0 Å². The Kier molecular flexibility index (Phi) is 5.98. The number of carbonyl (C=O) groups is 1. The molecule has 2 N–H and O–H groups in total. The van der Waals surface area contributed by atoms with Crippen molar-refractivity contribution in [2.24, 2.45) is 0 Å². The van der Waals surface area contributed by atoms with Crippen LogP contribution in [-0.4, -0.2) is 46.6 Å². The zero-order chi connectivity index (χ0) is 23.2. The third-order valence-corrected chi connectivity index (χ3v) is 11.3. The van der Waals surface area contributed by atoms with Gasteiger partial charge in [0.2, 0.25) is 0 Å². The minimum absolute atomic E-state index is 0.185. The van der Waals surface area contributed by atoms with Crippen molar-refractivity contribution >= 4 is 37.5 Å². The van der Waals surface area contributed by atoms with Gasteiger partial charge in [-0.05, 0) is 0 Å². The van der Waals surface area contributed by atoms with Crippen LogP contribution in [0.1, 0.15) is 54.6 Å². The molecule has 2 fully saturated rings. The van der Waals surface area contributed by atoms with Crippen molar-refractivity contribution in [1.82, 2.24) is 18.1 Å². The first-order chi connectivity index (χ1) is 15.8. The van der Waals surface area contributed by atoms with Crippen molar-refractivity contribution in [2.45, 2.75) is 44.2 Å². The number of nitrogens with zero attached hydrogens (tertiary/aromatic N) is 4. The number of halogens is 3. The summed E-state index contributed by atoms with van der Waals surface area (Å²) in [5, 5.41) is 14.4. The van der Waals surface area contributed by atoms with Gasteiger partial charge in [0, 0.05) is 0 Å². The summed E-state index contributed by atoms with van der Waals surface area (Å²) in [4.78, 5) is 19.7. The second-order valence-corrected chi connectivity index (χ2v) is 14.2. The van der Waals surface area contributed by atoms with E-state index in [1.54, 1.807) is 16.8 Å². The molecule has 33 heavy (non-hydrogen) atoms. The quantitative estimate of drug-likeness (QED) is 0.282. The first-order valence-electron chi connectivity index (χ1n) is 11.0. The van der Waals surface area contributed by atoms with Crippen molar-refractivity contribution in [1.29, 1.82) is 0 Å². The van der Waals surface area contributed by atoms with Crippen LogP contribution in [0.15, 0.2) is 36.7 Å². The number of aromatic nitrogens is 3. The normalized spacial score (nSPS) is 21.5. The number of aliphatic hydroxyl groups is 1. The van der Waals surface area contributed by atoms with Gasteiger partial charge in [-0.1, -0.05) is 0 Å². The fraction of sp³-hybridized carbons (Fsp3) is 0.435. The summed E-state index contributed by atoms with van der Waals surface area (Å²) in [6.07, 6.45) is 6.20.